The molecule has 6 aromatic rings. The Hall–Kier alpha value is -6.72. The average molecular weight is 764 g/mol. The molecule has 0 heterocycles. The van der Waals surface area contributed by atoms with Crippen molar-refractivity contribution in [1.82, 2.24) is 0 Å². The molecule has 8 rings (SSSR count). The smallest absolute Gasteiger partial charge is 0.204 e. The van der Waals surface area contributed by atoms with Crippen LogP contribution in [0.15, 0.2) is 163 Å². The highest BCUT2D eigenvalue weighted by molar-refractivity contribution is 6.05. The molecule has 2 aliphatic carbocycles. The first-order chi connectivity index (χ1) is 28.1. The van der Waals surface area contributed by atoms with Crippen LogP contribution in [0.4, 0.5) is 11.4 Å². The number of benzene rings is 6. The molecule has 0 bridgehead atoms. The Morgan fingerprint density at radius 1 is 0.724 bits per heavy atom. The summed E-state index contributed by atoms with van der Waals surface area (Å²) >= 11 is 0. The minimum Gasteiger partial charge on any atom is -0.504 e. The number of aryl methyl sites for hydroxylation is 1. The molecule has 0 fully saturated rings. The molecule has 290 valence electrons. The van der Waals surface area contributed by atoms with E-state index in [-0.39, 0.29) is 11.3 Å². The molecule has 2 unspecified atom stereocenters. The Morgan fingerprint density at radius 2 is 1.41 bits per heavy atom. The Balaban J connectivity index is 1.10. The predicted molar refractivity (Wildman–Crippen MR) is 240 cm³/mol. The summed E-state index contributed by atoms with van der Waals surface area (Å²) in [5.41, 5.74) is 12.0. The Kier molecular flexibility index (Phi) is 10.3. The molecule has 0 amide bonds. The average Bonchev–Trinajstić information content (AvgIpc) is 3.26. The van der Waals surface area contributed by atoms with Gasteiger partial charge in [-0.1, -0.05) is 147 Å². The zero-order chi connectivity index (χ0) is 40.6. The van der Waals surface area contributed by atoms with Gasteiger partial charge in [0.15, 0.2) is 11.5 Å². The number of phenolic OH excluding ortho intramolecular Hbond substituents is 4. The Morgan fingerprint density at radius 3 is 2.09 bits per heavy atom. The Bertz CT molecular complexity index is 2650. The van der Waals surface area contributed by atoms with E-state index in [2.05, 4.69) is 171 Å². The van der Waals surface area contributed by atoms with Gasteiger partial charge >= 0.3 is 0 Å². The number of para-hydroxylation sites is 1. The number of phenols is 4. The molecular weight excluding hydrogens is 715 g/mol. The number of allylic oxidation sites excluding steroid dienone is 9. The van der Waals surface area contributed by atoms with E-state index in [4.69, 9.17) is 0 Å². The number of hydrogen-bond acceptors (Lipinski definition) is 5. The molecule has 5 nitrogen and oxygen atoms in total. The summed E-state index contributed by atoms with van der Waals surface area (Å²) in [5.74, 6) is -2.22. The largest absolute Gasteiger partial charge is 0.504 e. The van der Waals surface area contributed by atoms with Gasteiger partial charge in [-0.3, -0.25) is 0 Å². The summed E-state index contributed by atoms with van der Waals surface area (Å²) in [6.07, 6.45) is 18.0. The minimum absolute atomic E-state index is 0.113. The van der Waals surface area contributed by atoms with Crippen LogP contribution >= 0.6 is 0 Å². The van der Waals surface area contributed by atoms with Crippen molar-refractivity contribution in [3.63, 3.8) is 0 Å². The highest BCUT2D eigenvalue weighted by atomic mass is 16.3. The van der Waals surface area contributed by atoms with Gasteiger partial charge in [0, 0.05) is 39.2 Å². The van der Waals surface area contributed by atoms with Gasteiger partial charge in [0.2, 0.25) is 11.5 Å². The molecule has 0 spiro atoms. The van der Waals surface area contributed by atoms with E-state index in [1.165, 1.54) is 27.5 Å². The topological polar surface area (TPSA) is 84.2 Å². The molecule has 4 N–H and O–H groups in total. The van der Waals surface area contributed by atoms with E-state index in [1.807, 2.05) is 12.2 Å². The third-order valence-electron chi connectivity index (χ3n) is 11.9. The number of rotatable bonds is 9. The first-order valence-corrected chi connectivity index (χ1v) is 20.1. The molecule has 2 atom stereocenters. The van der Waals surface area contributed by atoms with E-state index in [9.17, 15) is 20.4 Å². The quantitative estimate of drug-likeness (QED) is 0.0870. The second kappa shape index (κ2) is 15.7. The molecule has 58 heavy (non-hydrogen) atoms. The lowest BCUT2D eigenvalue weighted by atomic mass is 9.72. The standard InChI is InChI=1S/C53H49NO4/c1-5-13-46(42-17-10-9-14-34(42)2)53(4)32-30-41(31-33-53)54(40-15-7-6-8-16-40)47-29-28-43(44-18-11-12-19-45(44)47)38-24-20-36(21-25-38)37-22-26-39(27-23-37)48-35(3)49(55)51(57)52(58)50(48)56/h6-22,24-32,37,55-58H,5,23,33H2,1-4H3/b46-13+. The van der Waals surface area contributed by atoms with Crippen molar-refractivity contribution in [2.75, 3.05) is 4.90 Å². The number of fused-ring (bicyclic) bond motifs is 1. The summed E-state index contributed by atoms with van der Waals surface area (Å²) in [7, 11) is 0. The van der Waals surface area contributed by atoms with Gasteiger partial charge in [0.1, 0.15) is 0 Å². The first-order valence-electron chi connectivity index (χ1n) is 20.1. The van der Waals surface area contributed by atoms with Crippen molar-refractivity contribution in [2.45, 2.75) is 52.9 Å². The molecule has 0 aliphatic heterocycles. The molecule has 5 heteroatoms. The second-order valence-electron chi connectivity index (χ2n) is 15.7. The third-order valence-corrected chi connectivity index (χ3v) is 11.9. The fraction of sp³-hybridized carbons (Fsp3) is 0.170. The van der Waals surface area contributed by atoms with E-state index in [0.29, 0.717) is 23.1 Å². The lowest BCUT2D eigenvalue weighted by Crippen LogP contribution is -2.23. The number of anilines is 2. The van der Waals surface area contributed by atoms with E-state index < -0.39 is 23.0 Å². The van der Waals surface area contributed by atoms with E-state index in [1.54, 1.807) is 6.92 Å². The van der Waals surface area contributed by atoms with Crippen LogP contribution in [0.5, 0.6) is 23.0 Å². The minimum atomic E-state index is -0.725. The highest BCUT2D eigenvalue weighted by Crippen LogP contribution is 2.51. The van der Waals surface area contributed by atoms with Gasteiger partial charge in [-0.05, 0) is 102 Å². The van der Waals surface area contributed by atoms with Crippen LogP contribution in [-0.4, -0.2) is 20.4 Å². The van der Waals surface area contributed by atoms with Crippen LogP contribution < -0.4 is 4.90 Å². The Labute approximate surface area is 341 Å². The maximum absolute atomic E-state index is 10.6. The van der Waals surface area contributed by atoms with Crippen LogP contribution in [0, 0.1) is 19.3 Å². The van der Waals surface area contributed by atoms with Gasteiger partial charge < -0.3 is 25.3 Å². The summed E-state index contributed by atoms with van der Waals surface area (Å²) < 4.78 is 0. The normalized spacial score (nSPS) is 17.9. The van der Waals surface area contributed by atoms with Gasteiger partial charge in [0.05, 0.1) is 5.69 Å². The molecular formula is C53H49NO4. The summed E-state index contributed by atoms with van der Waals surface area (Å²) in [6.45, 7) is 8.38. The zero-order valence-corrected chi connectivity index (χ0v) is 33.4. The van der Waals surface area contributed by atoms with Crippen molar-refractivity contribution < 1.29 is 20.4 Å². The fourth-order valence-electron chi connectivity index (χ4n) is 8.68. The molecule has 6 aromatic carbocycles. The second-order valence-corrected chi connectivity index (χ2v) is 15.7. The van der Waals surface area contributed by atoms with Crippen LogP contribution in [-0.2, 0) is 0 Å². The van der Waals surface area contributed by atoms with Crippen LogP contribution in [0.25, 0.3) is 33.0 Å². The predicted octanol–water partition coefficient (Wildman–Crippen LogP) is 13.6. The maximum Gasteiger partial charge on any atom is 0.204 e. The van der Waals surface area contributed by atoms with Crippen molar-refractivity contribution >= 4 is 33.3 Å². The SMILES string of the molecule is CC/C=C(\c1ccccc1C)C1(C)C=CC(N(c2ccccc2)c2ccc(-c3ccc(C4C=CC(c5c(C)c(O)c(O)c(O)c5O)=CC4)cc3)c3ccccc23)=CC1. The molecule has 0 saturated heterocycles. The van der Waals surface area contributed by atoms with E-state index in [0.717, 1.165) is 46.6 Å². The highest BCUT2D eigenvalue weighted by Gasteiger charge is 2.31. The molecule has 0 saturated carbocycles. The lowest BCUT2D eigenvalue weighted by Gasteiger charge is -2.36. The van der Waals surface area contributed by atoms with Crippen molar-refractivity contribution in [1.29, 1.82) is 0 Å². The van der Waals surface area contributed by atoms with Crippen LogP contribution in [0.2, 0.25) is 0 Å². The van der Waals surface area contributed by atoms with Crippen molar-refractivity contribution in [2.24, 2.45) is 5.41 Å². The zero-order valence-electron chi connectivity index (χ0n) is 33.4. The number of nitrogens with zero attached hydrogens (tertiary/aromatic N) is 1. The summed E-state index contributed by atoms with van der Waals surface area (Å²) in [6, 6.07) is 41.2. The van der Waals surface area contributed by atoms with Crippen LogP contribution in [0.1, 0.15) is 66.8 Å². The van der Waals surface area contributed by atoms with Crippen molar-refractivity contribution in [3.05, 3.63) is 191 Å². The molecule has 0 radical (unpaired) electrons. The summed E-state index contributed by atoms with van der Waals surface area (Å²) in [4.78, 5) is 2.39. The van der Waals surface area contributed by atoms with Crippen molar-refractivity contribution in [3.8, 4) is 34.1 Å². The first kappa shape index (κ1) is 38.2. The maximum atomic E-state index is 10.6. The van der Waals surface area contributed by atoms with Gasteiger partial charge in [-0.2, -0.15) is 0 Å². The summed E-state index contributed by atoms with van der Waals surface area (Å²) in [5, 5.41) is 43.4. The van der Waals surface area contributed by atoms with Gasteiger partial charge in [0.25, 0.3) is 0 Å². The van der Waals surface area contributed by atoms with Gasteiger partial charge in [-0.15, -0.1) is 0 Å². The van der Waals surface area contributed by atoms with E-state index >= 15 is 0 Å². The number of aromatic hydroxyl groups is 4. The molecule has 0 aromatic heterocycles. The molecule has 2 aliphatic rings. The lowest BCUT2D eigenvalue weighted by molar-refractivity contribution is 0.343. The van der Waals surface area contributed by atoms with Crippen LogP contribution in [0.3, 0.4) is 0 Å². The van der Waals surface area contributed by atoms with Gasteiger partial charge in [-0.25, -0.2) is 0 Å². The fourth-order valence-corrected chi connectivity index (χ4v) is 8.68. The third kappa shape index (κ3) is 6.87. The number of hydrogen-bond donors (Lipinski definition) is 4. The monoisotopic (exact) mass is 763 g/mol.